The molecule has 2 amide bonds. The summed E-state index contributed by atoms with van der Waals surface area (Å²) in [6.07, 6.45) is 7.25. The minimum atomic E-state index is -0.642. The van der Waals surface area contributed by atoms with E-state index in [1.54, 1.807) is 18.5 Å². The van der Waals surface area contributed by atoms with Crippen LogP contribution in [-0.2, 0) is 11.3 Å². The van der Waals surface area contributed by atoms with Gasteiger partial charge >= 0.3 is 0 Å². The van der Waals surface area contributed by atoms with Crippen molar-refractivity contribution in [3.8, 4) is 5.13 Å². The number of amides is 2. The molecular weight excluding hydrogens is 410 g/mol. The minimum absolute atomic E-state index is 0.0645. The largest absolute Gasteiger partial charge is 0.350 e. The lowest BCUT2D eigenvalue weighted by atomic mass is 10.0. The number of thiazole rings is 1. The first-order valence-corrected chi connectivity index (χ1v) is 10.8. The second-order valence-corrected chi connectivity index (χ2v) is 8.55. The van der Waals surface area contributed by atoms with E-state index in [9.17, 15) is 9.59 Å². The fraction of sp³-hybridized carbons (Fsp3) is 0.217. The van der Waals surface area contributed by atoms with Crippen LogP contribution in [0.2, 0.25) is 0 Å². The standard InChI is InChI=1S/C23H23N5O2S/c1-15(2)20(22(30)25-14-16-6-5-9-24-13-16)27-21(29)17-7-8-18-19(12-17)31-23(26-18)28-10-3-4-11-28/h3-13,15,20H,14H2,1-2H3,(H,25,30)(H,27,29)/t20-/m0/s1. The van der Waals surface area contributed by atoms with Crippen molar-refractivity contribution in [3.05, 3.63) is 78.4 Å². The summed E-state index contributed by atoms with van der Waals surface area (Å²) in [4.78, 5) is 34.3. The molecule has 4 rings (SSSR count). The number of nitrogens with one attached hydrogen (secondary N) is 2. The molecular formula is C23H23N5O2S. The molecule has 3 heterocycles. The molecule has 0 unspecified atom stereocenters. The van der Waals surface area contributed by atoms with Crippen LogP contribution >= 0.6 is 11.3 Å². The van der Waals surface area contributed by atoms with Gasteiger partial charge in [0, 0.05) is 36.9 Å². The van der Waals surface area contributed by atoms with E-state index < -0.39 is 6.04 Å². The zero-order chi connectivity index (χ0) is 21.8. The third-order valence-corrected chi connectivity index (χ3v) is 5.92. The van der Waals surface area contributed by atoms with Crippen LogP contribution in [0.5, 0.6) is 0 Å². The first-order valence-electron chi connectivity index (χ1n) is 10.0. The third-order valence-electron chi connectivity index (χ3n) is 4.89. The maximum atomic E-state index is 12.9. The van der Waals surface area contributed by atoms with Crippen LogP contribution < -0.4 is 10.6 Å². The number of hydrogen-bond acceptors (Lipinski definition) is 5. The molecule has 2 N–H and O–H groups in total. The highest BCUT2D eigenvalue weighted by Gasteiger charge is 2.24. The van der Waals surface area contributed by atoms with Crippen molar-refractivity contribution in [2.75, 3.05) is 0 Å². The fourth-order valence-corrected chi connectivity index (χ4v) is 4.16. The summed E-state index contributed by atoms with van der Waals surface area (Å²) in [5.41, 5.74) is 2.24. The summed E-state index contributed by atoms with van der Waals surface area (Å²) in [5, 5.41) is 6.60. The van der Waals surface area contributed by atoms with Crippen LogP contribution in [0.4, 0.5) is 0 Å². The van der Waals surface area contributed by atoms with Gasteiger partial charge in [-0.2, -0.15) is 0 Å². The van der Waals surface area contributed by atoms with Gasteiger partial charge in [-0.15, -0.1) is 0 Å². The topological polar surface area (TPSA) is 88.9 Å². The lowest BCUT2D eigenvalue weighted by Gasteiger charge is -2.21. The SMILES string of the molecule is CC(C)[C@H](NC(=O)c1ccc2nc(-n3cccc3)sc2c1)C(=O)NCc1cccnc1. The number of fused-ring (bicyclic) bond motifs is 1. The molecule has 0 saturated carbocycles. The van der Waals surface area contributed by atoms with E-state index in [2.05, 4.69) is 20.6 Å². The van der Waals surface area contributed by atoms with Crippen LogP contribution in [0, 0.1) is 5.92 Å². The third kappa shape index (κ3) is 4.80. The summed E-state index contributed by atoms with van der Waals surface area (Å²) in [6, 6.07) is 12.3. The number of carbonyl (C=O) groups is 2. The number of nitrogens with zero attached hydrogens (tertiary/aromatic N) is 3. The van der Waals surface area contributed by atoms with Crippen LogP contribution in [0.15, 0.2) is 67.3 Å². The molecule has 0 bridgehead atoms. The molecule has 7 nitrogen and oxygen atoms in total. The van der Waals surface area contributed by atoms with Crippen molar-refractivity contribution in [3.63, 3.8) is 0 Å². The summed E-state index contributed by atoms with van der Waals surface area (Å²) < 4.78 is 2.85. The Morgan fingerprint density at radius 3 is 2.65 bits per heavy atom. The van der Waals surface area contributed by atoms with E-state index in [0.717, 1.165) is 20.9 Å². The molecule has 3 aromatic heterocycles. The Bertz CT molecular complexity index is 1190. The summed E-state index contributed by atoms with van der Waals surface area (Å²) in [7, 11) is 0. The van der Waals surface area contributed by atoms with Gasteiger partial charge in [-0.25, -0.2) is 4.98 Å². The Labute approximate surface area is 184 Å². The van der Waals surface area contributed by atoms with Gasteiger partial charge in [-0.05, 0) is 47.9 Å². The minimum Gasteiger partial charge on any atom is -0.350 e. The Morgan fingerprint density at radius 2 is 1.94 bits per heavy atom. The molecule has 8 heteroatoms. The number of benzene rings is 1. The lowest BCUT2D eigenvalue weighted by molar-refractivity contribution is -0.124. The van der Waals surface area contributed by atoms with Gasteiger partial charge in [-0.3, -0.25) is 14.6 Å². The predicted molar refractivity (Wildman–Crippen MR) is 121 cm³/mol. The smallest absolute Gasteiger partial charge is 0.251 e. The maximum Gasteiger partial charge on any atom is 0.251 e. The van der Waals surface area contributed by atoms with Gasteiger partial charge in [0.15, 0.2) is 5.13 Å². The lowest BCUT2D eigenvalue weighted by Crippen LogP contribution is -2.49. The molecule has 0 radical (unpaired) electrons. The van der Waals surface area contributed by atoms with Gasteiger partial charge in [0.1, 0.15) is 6.04 Å². The second-order valence-electron chi connectivity index (χ2n) is 7.54. The van der Waals surface area contributed by atoms with Gasteiger partial charge in [-0.1, -0.05) is 31.3 Å². The van der Waals surface area contributed by atoms with Crippen LogP contribution in [0.3, 0.4) is 0 Å². The van der Waals surface area contributed by atoms with Crippen LogP contribution in [0.1, 0.15) is 29.8 Å². The quantitative estimate of drug-likeness (QED) is 0.466. The van der Waals surface area contributed by atoms with E-state index in [0.29, 0.717) is 12.1 Å². The van der Waals surface area contributed by atoms with E-state index in [1.165, 1.54) is 11.3 Å². The monoisotopic (exact) mass is 433 g/mol. The number of hydrogen-bond donors (Lipinski definition) is 2. The zero-order valence-corrected chi connectivity index (χ0v) is 18.1. The number of pyridine rings is 1. The summed E-state index contributed by atoms with van der Waals surface area (Å²) in [5.74, 6) is -0.570. The highest BCUT2D eigenvalue weighted by atomic mass is 32.1. The number of rotatable bonds is 7. The average Bonchev–Trinajstić information content (AvgIpc) is 3.45. The van der Waals surface area contributed by atoms with Crippen molar-refractivity contribution in [1.82, 2.24) is 25.2 Å². The number of aromatic nitrogens is 3. The molecule has 0 aliphatic rings. The van der Waals surface area contributed by atoms with Gasteiger partial charge in [0.2, 0.25) is 5.91 Å². The van der Waals surface area contributed by atoms with Crippen molar-refractivity contribution >= 4 is 33.4 Å². The Morgan fingerprint density at radius 1 is 1.13 bits per heavy atom. The van der Waals surface area contributed by atoms with Gasteiger partial charge in [0.25, 0.3) is 5.91 Å². The number of carbonyl (C=O) groups excluding carboxylic acids is 2. The second kappa shape index (κ2) is 9.09. The van der Waals surface area contributed by atoms with E-state index >= 15 is 0 Å². The molecule has 31 heavy (non-hydrogen) atoms. The molecule has 158 valence electrons. The fourth-order valence-electron chi connectivity index (χ4n) is 3.19. The Kier molecular flexibility index (Phi) is 6.08. The van der Waals surface area contributed by atoms with Crippen molar-refractivity contribution in [1.29, 1.82) is 0 Å². The van der Waals surface area contributed by atoms with Crippen LogP contribution in [0.25, 0.3) is 15.3 Å². The Balaban J connectivity index is 1.46. The molecule has 1 aromatic carbocycles. The van der Waals surface area contributed by atoms with Crippen molar-refractivity contribution in [2.45, 2.75) is 26.4 Å². The van der Waals surface area contributed by atoms with E-state index in [-0.39, 0.29) is 17.7 Å². The average molecular weight is 434 g/mol. The first-order chi connectivity index (χ1) is 15.0. The zero-order valence-electron chi connectivity index (χ0n) is 17.3. The van der Waals surface area contributed by atoms with Crippen LogP contribution in [-0.4, -0.2) is 32.4 Å². The summed E-state index contributed by atoms with van der Waals surface area (Å²) >= 11 is 1.51. The maximum absolute atomic E-state index is 12.9. The van der Waals surface area contributed by atoms with E-state index in [1.807, 2.05) is 67.2 Å². The summed E-state index contributed by atoms with van der Waals surface area (Å²) in [6.45, 7) is 4.18. The molecule has 0 fully saturated rings. The highest BCUT2D eigenvalue weighted by Crippen LogP contribution is 2.26. The van der Waals surface area contributed by atoms with Crippen molar-refractivity contribution < 1.29 is 9.59 Å². The molecule has 0 aliphatic carbocycles. The molecule has 4 aromatic rings. The molecule has 1 atom stereocenters. The Hall–Kier alpha value is -3.52. The van der Waals surface area contributed by atoms with E-state index in [4.69, 9.17) is 0 Å². The van der Waals surface area contributed by atoms with Gasteiger partial charge < -0.3 is 15.2 Å². The first kappa shape index (κ1) is 20.7. The molecule has 0 aliphatic heterocycles. The molecule has 0 spiro atoms. The molecule has 0 saturated heterocycles. The predicted octanol–water partition coefficient (Wildman–Crippen LogP) is 3.55. The van der Waals surface area contributed by atoms with Crippen molar-refractivity contribution in [2.24, 2.45) is 5.92 Å². The highest BCUT2D eigenvalue weighted by molar-refractivity contribution is 7.20. The normalized spacial score (nSPS) is 12.1. The van der Waals surface area contributed by atoms with Gasteiger partial charge in [0.05, 0.1) is 10.2 Å².